The molecule has 1 aliphatic heterocycles. The zero-order valence-electron chi connectivity index (χ0n) is 18.1. The van der Waals surface area contributed by atoms with Gasteiger partial charge in [-0.2, -0.15) is 10.2 Å². The molecule has 0 atom stereocenters. The third kappa shape index (κ3) is 4.85. The predicted molar refractivity (Wildman–Crippen MR) is 124 cm³/mol. The van der Waals surface area contributed by atoms with Gasteiger partial charge in [0, 0.05) is 43.0 Å². The van der Waals surface area contributed by atoms with Gasteiger partial charge in [0.1, 0.15) is 11.6 Å². The van der Waals surface area contributed by atoms with Crippen LogP contribution in [0.1, 0.15) is 34.8 Å². The Morgan fingerprint density at radius 3 is 2.64 bits per heavy atom. The number of likely N-dealkylation sites (tertiary alicyclic amines) is 1. The highest BCUT2D eigenvalue weighted by Crippen LogP contribution is 2.26. The van der Waals surface area contributed by atoms with Gasteiger partial charge in [-0.15, -0.1) is 0 Å². The molecule has 0 radical (unpaired) electrons. The lowest BCUT2D eigenvalue weighted by Gasteiger charge is -2.32. The summed E-state index contributed by atoms with van der Waals surface area (Å²) in [6.07, 6.45) is 7.39. The smallest absolute Gasteiger partial charge is 0.256 e. The van der Waals surface area contributed by atoms with Crippen LogP contribution in [0.3, 0.4) is 0 Å². The van der Waals surface area contributed by atoms with Crippen molar-refractivity contribution < 1.29 is 9.18 Å². The zero-order valence-corrected chi connectivity index (χ0v) is 18.1. The van der Waals surface area contributed by atoms with Gasteiger partial charge in [0.15, 0.2) is 0 Å². The van der Waals surface area contributed by atoms with Gasteiger partial charge in [0.25, 0.3) is 5.91 Å². The van der Waals surface area contributed by atoms with Crippen LogP contribution in [0.5, 0.6) is 0 Å². The van der Waals surface area contributed by atoms with Crippen molar-refractivity contribution in [1.82, 2.24) is 24.5 Å². The Balaban J connectivity index is 1.18. The molecular weight excluding hydrogens is 419 g/mol. The summed E-state index contributed by atoms with van der Waals surface area (Å²) in [5.74, 6) is 0.313. The number of nitrogens with zero attached hydrogens (tertiary/aromatic N) is 5. The van der Waals surface area contributed by atoms with E-state index in [1.165, 1.54) is 12.1 Å². The number of carbonyl (C=O) groups excluding carboxylic acids is 1. The molecule has 2 aromatic carbocycles. The molecule has 1 N–H and O–H groups in total. The zero-order chi connectivity index (χ0) is 22.6. The summed E-state index contributed by atoms with van der Waals surface area (Å²) in [7, 11) is 0. The summed E-state index contributed by atoms with van der Waals surface area (Å²) in [5.41, 5.74) is 2.43. The Hall–Kier alpha value is -3.78. The molecule has 5 rings (SSSR count). The fourth-order valence-electron chi connectivity index (χ4n) is 4.26. The number of piperidine rings is 1. The van der Waals surface area contributed by atoms with E-state index in [9.17, 15) is 9.18 Å². The molecule has 4 aromatic rings. The minimum Gasteiger partial charge on any atom is -0.307 e. The molecule has 8 heteroatoms. The average molecular weight is 445 g/mol. The standard InChI is InChI=1S/C25H25FN6O/c26-21-7-4-8-23(15-21)31-18-19(16-28-31)17-30-13-10-22(11-14-30)32-24(9-12-27-32)29-25(33)20-5-2-1-3-6-20/h1-9,12,15-16,18,22H,10-11,13-14,17H2,(H,29,33). The number of hydrogen-bond acceptors (Lipinski definition) is 4. The van der Waals surface area contributed by atoms with Crippen molar-refractivity contribution in [3.05, 3.63) is 96.2 Å². The van der Waals surface area contributed by atoms with Crippen LogP contribution in [0, 0.1) is 5.82 Å². The van der Waals surface area contributed by atoms with E-state index in [0.717, 1.165) is 43.9 Å². The second kappa shape index (κ2) is 9.38. The largest absolute Gasteiger partial charge is 0.307 e. The lowest BCUT2D eigenvalue weighted by molar-refractivity contribution is 0.102. The Labute approximate surface area is 191 Å². The predicted octanol–water partition coefficient (Wildman–Crippen LogP) is 4.30. The van der Waals surface area contributed by atoms with E-state index in [1.54, 1.807) is 29.1 Å². The van der Waals surface area contributed by atoms with Crippen LogP contribution in [0.2, 0.25) is 0 Å². The fraction of sp³-hybridized carbons (Fsp3) is 0.240. The van der Waals surface area contributed by atoms with E-state index < -0.39 is 0 Å². The summed E-state index contributed by atoms with van der Waals surface area (Å²) in [4.78, 5) is 14.9. The third-order valence-corrected chi connectivity index (χ3v) is 5.97. The maximum Gasteiger partial charge on any atom is 0.256 e. The van der Waals surface area contributed by atoms with Crippen molar-refractivity contribution in [2.45, 2.75) is 25.4 Å². The molecule has 1 fully saturated rings. The van der Waals surface area contributed by atoms with Gasteiger partial charge in [-0.25, -0.2) is 13.8 Å². The molecule has 1 aliphatic rings. The van der Waals surface area contributed by atoms with Crippen LogP contribution < -0.4 is 5.32 Å². The molecule has 3 heterocycles. The van der Waals surface area contributed by atoms with Gasteiger partial charge >= 0.3 is 0 Å². The van der Waals surface area contributed by atoms with E-state index in [2.05, 4.69) is 20.4 Å². The van der Waals surface area contributed by atoms with Crippen LogP contribution in [0.25, 0.3) is 5.69 Å². The second-order valence-electron chi connectivity index (χ2n) is 8.26. The minimum atomic E-state index is -0.274. The number of aromatic nitrogens is 4. The number of rotatable bonds is 6. The number of amides is 1. The van der Waals surface area contributed by atoms with Crippen LogP contribution in [-0.2, 0) is 6.54 Å². The van der Waals surface area contributed by atoms with Crippen LogP contribution in [-0.4, -0.2) is 43.5 Å². The number of nitrogens with one attached hydrogen (secondary N) is 1. The first-order valence-electron chi connectivity index (χ1n) is 11.1. The lowest BCUT2D eigenvalue weighted by atomic mass is 10.0. The topological polar surface area (TPSA) is 68.0 Å². The molecular formula is C25H25FN6O. The highest BCUT2D eigenvalue weighted by Gasteiger charge is 2.23. The highest BCUT2D eigenvalue weighted by molar-refractivity contribution is 6.03. The molecule has 2 aromatic heterocycles. The third-order valence-electron chi connectivity index (χ3n) is 5.97. The Morgan fingerprint density at radius 1 is 1.03 bits per heavy atom. The van der Waals surface area contributed by atoms with E-state index >= 15 is 0 Å². The van der Waals surface area contributed by atoms with E-state index in [-0.39, 0.29) is 17.8 Å². The fourth-order valence-corrected chi connectivity index (χ4v) is 4.26. The van der Waals surface area contributed by atoms with Gasteiger partial charge in [-0.05, 0) is 43.2 Å². The highest BCUT2D eigenvalue weighted by atomic mass is 19.1. The molecule has 0 unspecified atom stereocenters. The van der Waals surface area contributed by atoms with Gasteiger partial charge in [-0.1, -0.05) is 24.3 Å². The van der Waals surface area contributed by atoms with Crippen molar-refractivity contribution in [2.24, 2.45) is 0 Å². The number of benzene rings is 2. The van der Waals surface area contributed by atoms with Crippen LogP contribution in [0.4, 0.5) is 10.2 Å². The SMILES string of the molecule is O=C(Nc1ccnn1C1CCN(Cc2cnn(-c3cccc(F)c3)c2)CC1)c1ccccc1. The van der Waals surface area contributed by atoms with E-state index in [0.29, 0.717) is 11.3 Å². The first kappa shape index (κ1) is 21.1. The first-order chi connectivity index (χ1) is 16.2. The van der Waals surface area contributed by atoms with E-state index in [1.807, 2.05) is 47.4 Å². The number of carbonyl (C=O) groups is 1. The van der Waals surface area contributed by atoms with Gasteiger partial charge in [0.05, 0.1) is 24.1 Å². The Morgan fingerprint density at radius 2 is 1.85 bits per heavy atom. The molecule has 0 aliphatic carbocycles. The Kier molecular flexibility index (Phi) is 5.99. The summed E-state index contributed by atoms with van der Waals surface area (Å²) in [6, 6.07) is 17.7. The van der Waals surface area contributed by atoms with Crippen LogP contribution in [0.15, 0.2) is 79.3 Å². The first-order valence-corrected chi connectivity index (χ1v) is 11.1. The minimum absolute atomic E-state index is 0.134. The van der Waals surface area contributed by atoms with Crippen molar-refractivity contribution in [3.8, 4) is 5.69 Å². The second-order valence-corrected chi connectivity index (χ2v) is 8.26. The number of halogens is 1. The summed E-state index contributed by atoms with van der Waals surface area (Å²) >= 11 is 0. The average Bonchev–Trinajstić information content (AvgIpc) is 3.50. The quantitative estimate of drug-likeness (QED) is 0.482. The summed E-state index contributed by atoms with van der Waals surface area (Å²) < 4.78 is 17.1. The van der Waals surface area contributed by atoms with Gasteiger partial charge in [-0.3, -0.25) is 9.69 Å². The molecule has 0 spiro atoms. The van der Waals surface area contributed by atoms with Crippen molar-refractivity contribution in [3.63, 3.8) is 0 Å². The van der Waals surface area contributed by atoms with Gasteiger partial charge in [0.2, 0.25) is 0 Å². The summed E-state index contributed by atoms with van der Waals surface area (Å²) in [6.45, 7) is 2.63. The summed E-state index contributed by atoms with van der Waals surface area (Å²) in [5, 5.41) is 11.8. The molecule has 0 bridgehead atoms. The van der Waals surface area contributed by atoms with Crippen molar-refractivity contribution in [2.75, 3.05) is 18.4 Å². The maximum atomic E-state index is 13.5. The van der Waals surface area contributed by atoms with Crippen molar-refractivity contribution >= 4 is 11.7 Å². The molecule has 1 saturated heterocycles. The Bertz CT molecular complexity index is 1230. The van der Waals surface area contributed by atoms with Crippen molar-refractivity contribution in [1.29, 1.82) is 0 Å². The normalized spacial score (nSPS) is 14.9. The van der Waals surface area contributed by atoms with Gasteiger partial charge < -0.3 is 5.32 Å². The molecule has 33 heavy (non-hydrogen) atoms. The number of hydrogen-bond donors (Lipinski definition) is 1. The van der Waals surface area contributed by atoms with E-state index in [4.69, 9.17) is 0 Å². The lowest BCUT2D eigenvalue weighted by Crippen LogP contribution is -2.34. The van der Waals surface area contributed by atoms with Crippen LogP contribution >= 0.6 is 0 Å². The molecule has 1 amide bonds. The monoisotopic (exact) mass is 444 g/mol. The molecule has 0 saturated carbocycles. The molecule has 168 valence electrons. The maximum absolute atomic E-state index is 13.5. The number of anilines is 1. The molecule has 7 nitrogen and oxygen atoms in total.